The number of alkyl halides is 3. The summed E-state index contributed by atoms with van der Waals surface area (Å²) in [7, 11) is 0. The molecule has 32 heavy (non-hydrogen) atoms. The molecule has 1 N–H and O–H groups in total. The van der Waals surface area contributed by atoms with Crippen LogP contribution in [0.2, 0.25) is 0 Å². The van der Waals surface area contributed by atoms with E-state index in [0.717, 1.165) is 5.56 Å². The minimum atomic E-state index is -4.75. The molecule has 0 aliphatic carbocycles. The molecule has 0 saturated carbocycles. The van der Waals surface area contributed by atoms with Crippen LogP contribution in [0, 0.1) is 0 Å². The average Bonchev–Trinajstić information content (AvgIpc) is 2.72. The van der Waals surface area contributed by atoms with E-state index in [-0.39, 0.29) is 42.7 Å². The Hall–Kier alpha value is -3.07. The van der Waals surface area contributed by atoms with Crippen molar-refractivity contribution in [2.24, 2.45) is 0 Å². The predicted molar refractivity (Wildman–Crippen MR) is 111 cm³/mol. The summed E-state index contributed by atoms with van der Waals surface area (Å²) < 4.78 is 46.1. The number of amides is 2. The van der Waals surface area contributed by atoms with Crippen LogP contribution in [0.4, 0.5) is 13.2 Å². The second kappa shape index (κ2) is 10.0. The van der Waals surface area contributed by atoms with Crippen molar-refractivity contribution in [2.45, 2.75) is 45.4 Å². The molecule has 9 heteroatoms. The van der Waals surface area contributed by atoms with Gasteiger partial charge in [0.1, 0.15) is 5.75 Å². The molecule has 0 aromatic heterocycles. The number of carbonyl (C=O) groups excluding carboxylic acids is 2. The normalized spacial score (nSPS) is 18.8. The summed E-state index contributed by atoms with van der Waals surface area (Å²) >= 11 is 0. The number of hydrogen-bond acceptors (Lipinski definition) is 4. The number of ether oxygens (including phenoxy) is 2. The van der Waals surface area contributed by atoms with Crippen molar-refractivity contribution in [3.8, 4) is 5.75 Å². The second-order valence-corrected chi connectivity index (χ2v) is 7.81. The maximum atomic E-state index is 12.7. The van der Waals surface area contributed by atoms with Crippen molar-refractivity contribution in [2.75, 3.05) is 13.1 Å². The molecule has 0 radical (unpaired) electrons. The monoisotopic (exact) mass is 450 g/mol. The summed E-state index contributed by atoms with van der Waals surface area (Å²) in [5, 5.41) is 2.76. The average molecular weight is 450 g/mol. The van der Waals surface area contributed by atoms with Gasteiger partial charge in [-0.05, 0) is 49.2 Å². The van der Waals surface area contributed by atoms with E-state index < -0.39 is 6.36 Å². The third-order valence-electron chi connectivity index (χ3n) is 4.92. The Labute approximate surface area is 184 Å². The zero-order valence-electron chi connectivity index (χ0n) is 17.8. The molecular formula is C23H25F3N2O4. The minimum absolute atomic E-state index is 0.00875. The highest BCUT2D eigenvalue weighted by Gasteiger charge is 2.31. The SMILES string of the molecule is CC1CN(C(=O)c2ccc(CNC(=O)Cc3ccc(OC(F)(F)F)cc3)cc2)CC(C)O1. The van der Waals surface area contributed by atoms with Crippen LogP contribution in [0.15, 0.2) is 48.5 Å². The molecule has 0 spiro atoms. The maximum absolute atomic E-state index is 12.7. The molecule has 2 amide bonds. The molecule has 2 aromatic rings. The van der Waals surface area contributed by atoms with Gasteiger partial charge in [-0.2, -0.15) is 0 Å². The van der Waals surface area contributed by atoms with E-state index in [1.165, 1.54) is 24.3 Å². The summed E-state index contributed by atoms with van der Waals surface area (Å²) in [4.78, 5) is 26.6. The lowest BCUT2D eigenvalue weighted by atomic mass is 10.1. The third kappa shape index (κ3) is 6.98. The van der Waals surface area contributed by atoms with Crippen LogP contribution in [0.5, 0.6) is 5.75 Å². The van der Waals surface area contributed by atoms with E-state index in [1.807, 2.05) is 13.8 Å². The summed E-state index contributed by atoms with van der Waals surface area (Å²) in [6.07, 6.45) is -4.75. The zero-order chi connectivity index (χ0) is 23.3. The van der Waals surface area contributed by atoms with E-state index >= 15 is 0 Å². The van der Waals surface area contributed by atoms with Crippen LogP contribution in [-0.4, -0.2) is 48.4 Å². The van der Waals surface area contributed by atoms with Gasteiger partial charge >= 0.3 is 6.36 Å². The Morgan fingerprint density at radius 3 is 2.12 bits per heavy atom. The Bertz CT molecular complexity index is 920. The van der Waals surface area contributed by atoms with Gasteiger partial charge in [-0.25, -0.2) is 0 Å². The highest BCUT2D eigenvalue weighted by atomic mass is 19.4. The van der Waals surface area contributed by atoms with Gasteiger partial charge in [0, 0.05) is 25.2 Å². The molecule has 0 bridgehead atoms. The zero-order valence-corrected chi connectivity index (χ0v) is 17.8. The molecule has 6 nitrogen and oxygen atoms in total. The Kier molecular flexibility index (Phi) is 7.40. The van der Waals surface area contributed by atoms with Gasteiger partial charge in [0.15, 0.2) is 0 Å². The van der Waals surface area contributed by atoms with Gasteiger partial charge in [-0.15, -0.1) is 13.2 Å². The fourth-order valence-corrected chi connectivity index (χ4v) is 3.55. The molecule has 1 saturated heterocycles. The first-order valence-electron chi connectivity index (χ1n) is 10.2. The van der Waals surface area contributed by atoms with Gasteiger partial charge in [0.2, 0.25) is 5.91 Å². The second-order valence-electron chi connectivity index (χ2n) is 7.81. The lowest BCUT2D eigenvalue weighted by molar-refractivity contribution is -0.274. The molecule has 1 aliphatic heterocycles. The van der Waals surface area contributed by atoms with Crippen LogP contribution in [0.3, 0.4) is 0 Å². The number of morpholine rings is 1. The first-order valence-corrected chi connectivity index (χ1v) is 10.2. The van der Waals surface area contributed by atoms with Crippen molar-refractivity contribution in [3.05, 3.63) is 65.2 Å². The number of nitrogens with one attached hydrogen (secondary N) is 1. The van der Waals surface area contributed by atoms with Crippen molar-refractivity contribution in [3.63, 3.8) is 0 Å². The van der Waals surface area contributed by atoms with Gasteiger partial charge in [-0.3, -0.25) is 9.59 Å². The molecular weight excluding hydrogens is 425 g/mol. The topological polar surface area (TPSA) is 67.9 Å². The van der Waals surface area contributed by atoms with E-state index in [2.05, 4.69) is 10.1 Å². The quantitative estimate of drug-likeness (QED) is 0.729. The van der Waals surface area contributed by atoms with Gasteiger partial charge in [-0.1, -0.05) is 24.3 Å². The van der Waals surface area contributed by atoms with E-state index in [0.29, 0.717) is 24.2 Å². The molecule has 3 rings (SSSR count). The van der Waals surface area contributed by atoms with Crippen LogP contribution >= 0.6 is 0 Å². The summed E-state index contributed by atoms with van der Waals surface area (Å²) in [6.45, 7) is 5.24. The number of carbonyl (C=O) groups is 2. The van der Waals surface area contributed by atoms with Crippen molar-refractivity contribution >= 4 is 11.8 Å². The predicted octanol–water partition coefficient (Wildman–Crippen LogP) is 3.69. The van der Waals surface area contributed by atoms with Crippen molar-refractivity contribution < 1.29 is 32.2 Å². The highest BCUT2D eigenvalue weighted by molar-refractivity contribution is 5.94. The van der Waals surface area contributed by atoms with Gasteiger partial charge < -0.3 is 19.7 Å². The van der Waals surface area contributed by atoms with Crippen LogP contribution < -0.4 is 10.1 Å². The van der Waals surface area contributed by atoms with Gasteiger partial charge in [0.05, 0.1) is 18.6 Å². The smallest absolute Gasteiger partial charge is 0.406 e. The lowest BCUT2D eigenvalue weighted by Crippen LogP contribution is -2.48. The standard InChI is InChI=1S/C23H25F3N2O4/c1-15-13-28(14-16(2)31-15)22(30)19-7-3-18(4-8-19)12-27-21(29)11-17-5-9-20(10-6-17)32-23(24,25)26/h3-10,15-16H,11-14H2,1-2H3,(H,27,29). The summed E-state index contributed by atoms with van der Waals surface area (Å²) in [6, 6.07) is 12.2. The first-order chi connectivity index (χ1) is 15.1. The van der Waals surface area contributed by atoms with E-state index in [9.17, 15) is 22.8 Å². The first kappa shape index (κ1) is 23.6. The summed E-state index contributed by atoms with van der Waals surface area (Å²) in [5.41, 5.74) is 1.96. The van der Waals surface area contributed by atoms with Crippen LogP contribution in [-0.2, 0) is 22.5 Å². The number of halogens is 3. The molecule has 1 fully saturated rings. The van der Waals surface area contributed by atoms with Crippen molar-refractivity contribution in [1.29, 1.82) is 0 Å². The fourth-order valence-electron chi connectivity index (χ4n) is 3.55. The molecule has 172 valence electrons. The fraction of sp³-hybridized carbons (Fsp3) is 0.391. The molecule has 2 unspecified atom stereocenters. The van der Waals surface area contributed by atoms with E-state index in [4.69, 9.17) is 4.74 Å². The molecule has 2 atom stereocenters. The van der Waals surface area contributed by atoms with Crippen LogP contribution in [0.1, 0.15) is 35.3 Å². The maximum Gasteiger partial charge on any atom is 0.573 e. The highest BCUT2D eigenvalue weighted by Crippen LogP contribution is 2.23. The summed E-state index contributed by atoms with van der Waals surface area (Å²) in [5.74, 6) is -0.663. The molecule has 1 heterocycles. The Morgan fingerprint density at radius 1 is 1.00 bits per heavy atom. The number of hydrogen-bond donors (Lipinski definition) is 1. The Balaban J connectivity index is 1.48. The van der Waals surface area contributed by atoms with Gasteiger partial charge in [0.25, 0.3) is 5.91 Å². The van der Waals surface area contributed by atoms with E-state index in [1.54, 1.807) is 29.2 Å². The molecule has 1 aliphatic rings. The lowest BCUT2D eigenvalue weighted by Gasteiger charge is -2.35. The number of benzene rings is 2. The minimum Gasteiger partial charge on any atom is -0.406 e. The Morgan fingerprint density at radius 2 is 1.56 bits per heavy atom. The molecule has 2 aromatic carbocycles. The largest absolute Gasteiger partial charge is 0.573 e. The number of rotatable bonds is 6. The number of nitrogens with zero attached hydrogens (tertiary/aromatic N) is 1. The van der Waals surface area contributed by atoms with Crippen molar-refractivity contribution in [1.82, 2.24) is 10.2 Å². The third-order valence-corrected chi connectivity index (χ3v) is 4.92. The van der Waals surface area contributed by atoms with Crippen LogP contribution in [0.25, 0.3) is 0 Å².